The molecule has 0 amide bonds. The van der Waals surface area contributed by atoms with Crippen LogP contribution in [-0.4, -0.2) is 5.11 Å². The predicted molar refractivity (Wildman–Crippen MR) is 70.5 cm³/mol. The van der Waals surface area contributed by atoms with Gasteiger partial charge in [0.2, 0.25) is 0 Å². The van der Waals surface area contributed by atoms with Gasteiger partial charge in [0.25, 0.3) is 0 Å². The lowest BCUT2D eigenvalue weighted by atomic mass is 10.2. The largest absolute Gasteiger partial charge is 0.392 e. The van der Waals surface area contributed by atoms with E-state index in [-0.39, 0.29) is 6.61 Å². The zero-order chi connectivity index (χ0) is 8.43. The van der Waals surface area contributed by atoms with Gasteiger partial charge in [0, 0.05) is 10.7 Å². The number of rotatable bonds is 1. The van der Waals surface area contributed by atoms with Crippen molar-refractivity contribution in [3.05, 3.63) is 28.4 Å². The Morgan fingerprint density at radius 1 is 1.00 bits per heavy atom. The highest BCUT2D eigenvalue weighted by Crippen LogP contribution is 2.21. The van der Waals surface area contributed by atoms with Crippen molar-refractivity contribution in [2.75, 3.05) is 0 Å². The molecule has 0 aliphatic rings. The third kappa shape index (κ3) is 2.66. The van der Waals surface area contributed by atoms with Crippen LogP contribution in [0.3, 0.4) is 0 Å². The zero-order valence-corrected chi connectivity index (χ0v) is 11.9. The van der Waals surface area contributed by atoms with Gasteiger partial charge in [0.15, 0.2) is 0 Å². The van der Waals surface area contributed by atoms with Gasteiger partial charge in [-0.25, -0.2) is 0 Å². The van der Waals surface area contributed by atoms with E-state index in [1.807, 2.05) is 6.07 Å². The van der Waals surface area contributed by atoms with Crippen molar-refractivity contribution in [3.63, 3.8) is 0 Å². The van der Waals surface area contributed by atoms with Gasteiger partial charge in [0.1, 0.15) is 0 Å². The Bertz CT molecular complexity index is 273. The lowest BCUT2D eigenvalue weighted by Crippen LogP contribution is -1.91. The van der Waals surface area contributed by atoms with Crippen molar-refractivity contribution in [2.24, 2.45) is 0 Å². The molecule has 60 valence electrons. The Kier molecular flexibility index (Phi) is 4.33. The third-order valence-electron chi connectivity index (χ3n) is 1.26. The number of benzene rings is 1. The molecule has 0 radical (unpaired) electrons. The normalized spacial score (nSPS) is 10.2. The Hall–Kier alpha value is 1.37. The van der Waals surface area contributed by atoms with Crippen molar-refractivity contribution >= 4 is 67.8 Å². The van der Waals surface area contributed by atoms with Crippen LogP contribution in [0.4, 0.5) is 0 Å². The van der Waals surface area contributed by atoms with Crippen molar-refractivity contribution in [1.29, 1.82) is 0 Å². The molecule has 4 heteroatoms. The standard InChI is InChI=1S/C7H5I3O/c8-5-2-7(10)6(9)1-4(5)3-11/h1-2,11H,3H2. The van der Waals surface area contributed by atoms with E-state index in [9.17, 15) is 0 Å². The van der Waals surface area contributed by atoms with Gasteiger partial charge in [-0.15, -0.1) is 0 Å². The van der Waals surface area contributed by atoms with E-state index in [0.29, 0.717) is 0 Å². The molecule has 0 aromatic heterocycles. The van der Waals surface area contributed by atoms with E-state index < -0.39 is 0 Å². The van der Waals surface area contributed by atoms with E-state index in [1.54, 1.807) is 0 Å². The van der Waals surface area contributed by atoms with Crippen LogP contribution in [0.15, 0.2) is 12.1 Å². The Balaban J connectivity index is 3.21. The minimum absolute atomic E-state index is 0.130. The molecule has 0 aliphatic carbocycles. The number of hydrogen-bond donors (Lipinski definition) is 1. The number of halogens is 3. The van der Waals surface area contributed by atoms with Crippen LogP contribution in [0.25, 0.3) is 0 Å². The summed E-state index contributed by atoms with van der Waals surface area (Å²) in [6.07, 6.45) is 0. The van der Waals surface area contributed by atoms with Crippen LogP contribution < -0.4 is 0 Å². The first-order valence-corrected chi connectivity index (χ1v) is 6.13. The molecule has 1 rings (SSSR count). The fourth-order valence-electron chi connectivity index (χ4n) is 0.685. The van der Waals surface area contributed by atoms with E-state index in [2.05, 4.69) is 73.8 Å². The van der Waals surface area contributed by atoms with Gasteiger partial charge >= 0.3 is 0 Å². The minimum atomic E-state index is 0.130. The van der Waals surface area contributed by atoms with Crippen molar-refractivity contribution < 1.29 is 5.11 Å². The van der Waals surface area contributed by atoms with Gasteiger partial charge in [-0.3, -0.25) is 0 Å². The molecule has 0 spiro atoms. The third-order valence-corrected chi connectivity index (χ3v) is 5.08. The summed E-state index contributed by atoms with van der Waals surface area (Å²) in [5.74, 6) is 0. The summed E-state index contributed by atoms with van der Waals surface area (Å²) < 4.78 is 3.58. The quantitative estimate of drug-likeness (QED) is 0.479. The van der Waals surface area contributed by atoms with Gasteiger partial charge in [0.05, 0.1) is 6.61 Å². The summed E-state index contributed by atoms with van der Waals surface area (Å²) in [4.78, 5) is 0. The topological polar surface area (TPSA) is 20.2 Å². The Morgan fingerprint density at radius 2 is 1.55 bits per heavy atom. The molecule has 11 heavy (non-hydrogen) atoms. The lowest BCUT2D eigenvalue weighted by molar-refractivity contribution is 0.281. The molecule has 0 atom stereocenters. The molecular weight excluding hydrogens is 481 g/mol. The average Bonchev–Trinajstić information content (AvgIpc) is 1.97. The smallest absolute Gasteiger partial charge is 0.0692 e. The Labute approximate surface area is 106 Å². The first kappa shape index (κ1) is 10.5. The van der Waals surface area contributed by atoms with E-state index in [0.717, 1.165) is 9.13 Å². The fourth-order valence-corrected chi connectivity index (χ4v) is 2.92. The molecule has 1 aromatic rings. The molecule has 0 unspecified atom stereocenters. The molecule has 0 saturated heterocycles. The summed E-state index contributed by atoms with van der Waals surface area (Å²) in [7, 11) is 0. The average molecular weight is 486 g/mol. The maximum absolute atomic E-state index is 8.92. The van der Waals surface area contributed by atoms with Crippen LogP contribution in [0.1, 0.15) is 5.56 Å². The molecule has 0 saturated carbocycles. The number of aliphatic hydroxyl groups excluding tert-OH is 1. The van der Waals surface area contributed by atoms with Gasteiger partial charge in [-0.05, 0) is 85.5 Å². The summed E-state index contributed by atoms with van der Waals surface area (Å²) in [6, 6.07) is 4.10. The first-order chi connectivity index (χ1) is 5.15. The highest BCUT2D eigenvalue weighted by Gasteiger charge is 2.02. The van der Waals surface area contributed by atoms with Crippen LogP contribution in [0.5, 0.6) is 0 Å². The van der Waals surface area contributed by atoms with Crippen LogP contribution in [-0.2, 0) is 6.61 Å². The molecule has 0 aliphatic heterocycles. The SMILES string of the molecule is OCc1cc(I)c(I)cc1I. The summed E-state index contributed by atoms with van der Waals surface area (Å²) in [5, 5.41) is 8.92. The molecule has 1 aromatic carbocycles. The zero-order valence-electron chi connectivity index (χ0n) is 5.44. The maximum atomic E-state index is 8.92. The first-order valence-electron chi connectivity index (χ1n) is 2.89. The fraction of sp³-hybridized carbons (Fsp3) is 0.143. The van der Waals surface area contributed by atoms with E-state index >= 15 is 0 Å². The van der Waals surface area contributed by atoms with Crippen molar-refractivity contribution in [2.45, 2.75) is 6.61 Å². The summed E-state index contributed by atoms with van der Waals surface area (Å²) in [6.45, 7) is 0.130. The predicted octanol–water partition coefficient (Wildman–Crippen LogP) is 2.99. The highest BCUT2D eigenvalue weighted by molar-refractivity contribution is 14.1. The van der Waals surface area contributed by atoms with Gasteiger partial charge < -0.3 is 5.11 Å². The van der Waals surface area contributed by atoms with Crippen LogP contribution in [0.2, 0.25) is 0 Å². The molecule has 0 bridgehead atoms. The molecule has 0 heterocycles. The second kappa shape index (κ2) is 4.56. The molecule has 1 nitrogen and oxygen atoms in total. The Morgan fingerprint density at radius 3 is 2.09 bits per heavy atom. The van der Waals surface area contributed by atoms with Crippen molar-refractivity contribution in [1.82, 2.24) is 0 Å². The molecule has 0 fully saturated rings. The van der Waals surface area contributed by atoms with Gasteiger partial charge in [-0.2, -0.15) is 0 Å². The molecule has 1 N–H and O–H groups in total. The van der Waals surface area contributed by atoms with Crippen molar-refractivity contribution in [3.8, 4) is 0 Å². The number of aliphatic hydroxyl groups is 1. The number of hydrogen-bond acceptors (Lipinski definition) is 1. The second-order valence-electron chi connectivity index (χ2n) is 2.02. The summed E-state index contributed by atoms with van der Waals surface area (Å²) in [5.41, 5.74) is 1.01. The maximum Gasteiger partial charge on any atom is 0.0692 e. The van der Waals surface area contributed by atoms with Gasteiger partial charge in [-0.1, -0.05) is 0 Å². The lowest BCUT2D eigenvalue weighted by Gasteiger charge is -2.02. The van der Waals surface area contributed by atoms with Crippen LogP contribution >= 0.6 is 67.8 Å². The monoisotopic (exact) mass is 486 g/mol. The van der Waals surface area contributed by atoms with Crippen LogP contribution in [0, 0.1) is 10.7 Å². The summed E-state index contributed by atoms with van der Waals surface area (Å²) >= 11 is 6.79. The highest BCUT2D eigenvalue weighted by atomic mass is 127. The minimum Gasteiger partial charge on any atom is -0.392 e. The second-order valence-corrected chi connectivity index (χ2v) is 5.50. The van der Waals surface area contributed by atoms with E-state index in [4.69, 9.17) is 5.11 Å². The molecular formula is C7H5I3O. The van der Waals surface area contributed by atoms with E-state index in [1.165, 1.54) is 7.14 Å².